The second kappa shape index (κ2) is 7.20. The van der Waals surface area contributed by atoms with E-state index in [0.29, 0.717) is 36.8 Å². The zero-order valence-electron chi connectivity index (χ0n) is 13.1. The Morgan fingerprint density at radius 2 is 1.88 bits per heavy atom. The molecule has 0 aromatic heterocycles. The van der Waals surface area contributed by atoms with Gasteiger partial charge in [-0.3, -0.25) is 4.79 Å². The Hall–Kier alpha value is -2.11. The van der Waals surface area contributed by atoms with Gasteiger partial charge in [0.15, 0.2) is 0 Å². The van der Waals surface area contributed by atoms with Crippen molar-refractivity contribution in [2.24, 2.45) is 0 Å². The predicted octanol–water partition coefficient (Wildman–Crippen LogP) is 2.93. The number of piperazine rings is 1. The van der Waals surface area contributed by atoms with Crippen LogP contribution in [-0.2, 0) is 6.61 Å². The molecule has 1 aliphatic heterocycles. The van der Waals surface area contributed by atoms with E-state index in [1.807, 2.05) is 0 Å². The molecule has 1 fully saturated rings. The summed E-state index contributed by atoms with van der Waals surface area (Å²) in [5.41, 5.74) is 2.08. The monoisotopic (exact) mass is 348 g/mol. The lowest BCUT2D eigenvalue weighted by Crippen LogP contribution is -2.48. The highest BCUT2D eigenvalue weighted by molar-refractivity contribution is 6.33. The third-order valence-corrected chi connectivity index (χ3v) is 4.48. The van der Waals surface area contributed by atoms with Gasteiger partial charge in [0.05, 0.1) is 17.3 Å². The van der Waals surface area contributed by atoms with Crippen LogP contribution in [0.1, 0.15) is 15.9 Å². The van der Waals surface area contributed by atoms with Gasteiger partial charge in [-0.2, -0.15) is 0 Å². The van der Waals surface area contributed by atoms with Gasteiger partial charge < -0.3 is 14.9 Å². The van der Waals surface area contributed by atoms with Gasteiger partial charge in [0.25, 0.3) is 5.91 Å². The molecule has 126 valence electrons. The maximum absolute atomic E-state index is 13.2. The third kappa shape index (κ3) is 3.52. The minimum Gasteiger partial charge on any atom is -0.392 e. The average Bonchev–Trinajstić information content (AvgIpc) is 2.61. The Morgan fingerprint density at radius 3 is 2.54 bits per heavy atom. The molecular weight excluding hydrogens is 331 g/mol. The van der Waals surface area contributed by atoms with Crippen molar-refractivity contribution in [1.29, 1.82) is 0 Å². The summed E-state index contributed by atoms with van der Waals surface area (Å²) in [6.45, 7) is 2.32. The Bertz CT molecular complexity index is 746. The summed E-state index contributed by atoms with van der Waals surface area (Å²) >= 11 is 6.11. The maximum Gasteiger partial charge on any atom is 0.253 e. The Kier molecular flexibility index (Phi) is 5.02. The highest BCUT2D eigenvalue weighted by atomic mass is 35.5. The Balaban J connectivity index is 1.67. The van der Waals surface area contributed by atoms with Gasteiger partial charge >= 0.3 is 0 Å². The molecule has 0 radical (unpaired) electrons. The molecule has 1 aliphatic rings. The number of aliphatic hydroxyl groups is 1. The summed E-state index contributed by atoms with van der Waals surface area (Å²) in [5.74, 6) is -0.406. The summed E-state index contributed by atoms with van der Waals surface area (Å²) < 4.78 is 13.2. The van der Waals surface area contributed by atoms with E-state index < -0.39 is 0 Å². The first-order valence-corrected chi connectivity index (χ1v) is 8.15. The van der Waals surface area contributed by atoms with Crippen LogP contribution in [0.2, 0.25) is 5.02 Å². The molecule has 24 heavy (non-hydrogen) atoms. The van der Waals surface area contributed by atoms with Crippen molar-refractivity contribution < 1.29 is 14.3 Å². The number of carbonyl (C=O) groups excluding carboxylic acids is 1. The minimum atomic E-state index is -0.360. The largest absolute Gasteiger partial charge is 0.392 e. The molecule has 0 unspecified atom stereocenters. The lowest BCUT2D eigenvalue weighted by molar-refractivity contribution is 0.0746. The van der Waals surface area contributed by atoms with E-state index in [1.54, 1.807) is 35.2 Å². The fraction of sp³-hybridized carbons (Fsp3) is 0.278. The van der Waals surface area contributed by atoms with Crippen molar-refractivity contribution in [3.8, 4) is 0 Å². The molecule has 4 nitrogen and oxygen atoms in total. The smallest absolute Gasteiger partial charge is 0.253 e. The van der Waals surface area contributed by atoms with E-state index in [0.717, 1.165) is 11.3 Å². The SMILES string of the molecule is O=C(c1cccc(CO)c1)N1CCN(c2ccc(F)cc2Cl)CC1. The summed E-state index contributed by atoms with van der Waals surface area (Å²) in [7, 11) is 0. The van der Waals surface area contributed by atoms with E-state index in [-0.39, 0.29) is 18.3 Å². The fourth-order valence-electron chi connectivity index (χ4n) is 2.87. The average molecular weight is 349 g/mol. The second-order valence-electron chi connectivity index (χ2n) is 5.73. The van der Waals surface area contributed by atoms with Crippen LogP contribution in [0, 0.1) is 5.82 Å². The topological polar surface area (TPSA) is 43.8 Å². The van der Waals surface area contributed by atoms with E-state index >= 15 is 0 Å². The van der Waals surface area contributed by atoms with Crippen LogP contribution in [0.15, 0.2) is 42.5 Å². The van der Waals surface area contributed by atoms with Crippen molar-refractivity contribution in [3.05, 3.63) is 64.4 Å². The van der Waals surface area contributed by atoms with Gasteiger partial charge in [0.1, 0.15) is 5.82 Å². The fourth-order valence-corrected chi connectivity index (χ4v) is 3.16. The molecule has 1 N–H and O–H groups in total. The predicted molar refractivity (Wildman–Crippen MR) is 91.9 cm³/mol. The number of aliphatic hydroxyl groups excluding tert-OH is 1. The summed E-state index contributed by atoms with van der Waals surface area (Å²) in [5, 5.41) is 9.57. The number of carbonyl (C=O) groups is 1. The second-order valence-corrected chi connectivity index (χ2v) is 6.14. The number of amides is 1. The number of anilines is 1. The van der Waals surface area contributed by atoms with Crippen molar-refractivity contribution in [1.82, 2.24) is 4.90 Å². The van der Waals surface area contributed by atoms with Crippen LogP contribution in [0.3, 0.4) is 0 Å². The number of rotatable bonds is 3. The van der Waals surface area contributed by atoms with Crippen molar-refractivity contribution in [2.75, 3.05) is 31.1 Å². The van der Waals surface area contributed by atoms with Crippen LogP contribution in [-0.4, -0.2) is 42.1 Å². The van der Waals surface area contributed by atoms with Gasteiger partial charge in [-0.05, 0) is 35.9 Å². The van der Waals surface area contributed by atoms with Crippen LogP contribution in [0.25, 0.3) is 0 Å². The van der Waals surface area contributed by atoms with Gasteiger partial charge in [-0.1, -0.05) is 23.7 Å². The molecular formula is C18H18ClFN2O2. The Morgan fingerprint density at radius 1 is 1.12 bits per heavy atom. The molecule has 6 heteroatoms. The third-order valence-electron chi connectivity index (χ3n) is 4.17. The summed E-state index contributed by atoms with van der Waals surface area (Å²) in [6, 6.07) is 11.4. The maximum atomic E-state index is 13.2. The first-order chi connectivity index (χ1) is 11.6. The van der Waals surface area contributed by atoms with Gasteiger partial charge in [0.2, 0.25) is 0 Å². The van der Waals surface area contributed by atoms with E-state index in [2.05, 4.69) is 4.90 Å². The minimum absolute atomic E-state index is 0.0462. The Labute approximate surface area is 145 Å². The highest BCUT2D eigenvalue weighted by Gasteiger charge is 2.23. The van der Waals surface area contributed by atoms with E-state index in [1.165, 1.54) is 12.1 Å². The molecule has 0 aliphatic carbocycles. The lowest BCUT2D eigenvalue weighted by atomic mass is 10.1. The molecule has 1 heterocycles. The normalized spacial score (nSPS) is 14.8. The molecule has 0 atom stereocenters. The molecule has 0 spiro atoms. The molecule has 3 rings (SSSR count). The van der Waals surface area contributed by atoms with Gasteiger partial charge in [-0.15, -0.1) is 0 Å². The molecule has 2 aromatic rings. The van der Waals surface area contributed by atoms with Gasteiger partial charge in [-0.25, -0.2) is 4.39 Å². The number of nitrogens with zero attached hydrogens (tertiary/aromatic N) is 2. The number of halogens is 2. The molecule has 2 aromatic carbocycles. The van der Waals surface area contributed by atoms with E-state index in [4.69, 9.17) is 11.6 Å². The van der Waals surface area contributed by atoms with E-state index in [9.17, 15) is 14.3 Å². The first kappa shape index (κ1) is 16.7. The number of hydrogen-bond donors (Lipinski definition) is 1. The van der Waals surface area contributed by atoms with Crippen molar-refractivity contribution in [3.63, 3.8) is 0 Å². The van der Waals surface area contributed by atoms with Crippen LogP contribution >= 0.6 is 11.6 Å². The zero-order chi connectivity index (χ0) is 17.1. The number of benzene rings is 2. The number of hydrogen-bond acceptors (Lipinski definition) is 3. The van der Waals surface area contributed by atoms with Gasteiger partial charge in [0, 0.05) is 31.7 Å². The van der Waals surface area contributed by atoms with Crippen LogP contribution in [0.5, 0.6) is 0 Å². The first-order valence-electron chi connectivity index (χ1n) is 7.77. The molecule has 1 amide bonds. The molecule has 0 saturated carbocycles. The highest BCUT2D eigenvalue weighted by Crippen LogP contribution is 2.27. The van der Waals surface area contributed by atoms with Crippen LogP contribution in [0.4, 0.5) is 10.1 Å². The van der Waals surface area contributed by atoms with Crippen molar-refractivity contribution in [2.45, 2.75) is 6.61 Å². The van der Waals surface area contributed by atoms with Crippen molar-refractivity contribution >= 4 is 23.2 Å². The molecule has 0 bridgehead atoms. The summed E-state index contributed by atoms with van der Waals surface area (Å²) in [4.78, 5) is 16.4. The molecule has 1 saturated heterocycles. The lowest BCUT2D eigenvalue weighted by Gasteiger charge is -2.36. The zero-order valence-corrected chi connectivity index (χ0v) is 13.8. The standard InChI is InChI=1S/C18H18ClFN2O2/c19-16-11-15(20)4-5-17(16)21-6-8-22(9-7-21)18(24)14-3-1-2-13(10-14)12-23/h1-5,10-11,23H,6-9,12H2. The summed E-state index contributed by atoms with van der Waals surface area (Å²) in [6.07, 6.45) is 0. The van der Waals surface area contributed by atoms with Crippen LogP contribution < -0.4 is 4.90 Å². The quantitative estimate of drug-likeness (QED) is 0.927.